The highest BCUT2D eigenvalue weighted by Crippen LogP contribution is 2.32. The average Bonchev–Trinajstić information content (AvgIpc) is 2.39. The molecule has 0 spiro atoms. The highest BCUT2D eigenvalue weighted by molar-refractivity contribution is 5.99. The summed E-state index contributed by atoms with van der Waals surface area (Å²) in [6.07, 6.45) is 0. The third-order valence-corrected chi connectivity index (χ3v) is 3.44. The van der Waals surface area contributed by atoms with Gasteiger partial charge in [-0.15, -0.1) is 0 Å². The fourth-order valence-electron chi connectivity index (χ4n) is 2.39. The van der Waals surface area contributed by atoms with Gasteiger partial charge in [-0.25, -0.2) is 0 Å². The molecule has 0 aromatic heterocycles. The Hall–Kier alpha value is -1.55. The third kappa shape index (κ3) is 2.34. The molecule has 0 saturated heterocycles. The number of hydrogen-bond acceptors (Lipinski definition) is 3. The van der Waals surface area contributed by atoms with E-state index in [1.54, 1.807) is 0 Å². The van der Waals surface area contributed by atoms with Crippen LogP contribution in [-0.2, 0) is 4.79 Å². The van der Waals surface area contributed by atoms with Gasteiger partial charge in [0.05, 0.1) is 11.4 Å². The van der Waals surface area contributed by atoms with Crippen molar-refractivity contribution in [3.8, 4) is 0 Å². The molecule has 1 aromatic rings. The maximum Gasteiger partial charge on any atom is 0.231 e. The van der Waals surface area contributed by atoms with E-state index in [2.05, 4.69) is 23.3 Å². The molecule has 2 rings (SSSR count). The summed E-state index contributed by atoms with van der Waals surface area (Å²) in [5.74, 6) is 0.205. The van der Waals surface area contributed by atoms with Crippen LogP contribution in [0, 0.1) is 5.92 Å². The first-order valence-corrected chi connectivity index (χ1v) is 6.41. The SMILES string of the molecule is CNCC(C)C(=O)N1CCN(C)c2ccccc21. The summed E-state index contributed by atoms with van der Waals surface area (Å²) in [7, 11) is 3.94. The summed E-state index contributed by atoms with van der Waals surface area (Å²) >= 11 is 0. The first-order valence-electron chi connectivity index (χ1n) is 6.41. The minimum Gasteiger partial charge on any atom is -0.371 e. The van der Waals surface area contributed by atoms with E-state index in [9.17, 15) is 4.79 Å². The van der Waals surface area contributed by atoms with Crippen LogP contribution in [0.1, 0.15) is 6.92 Å². The van der Waals surface area contributed by atoms with E-state index in [-0.39, 0.29) is 11.8 Å². The Labute approximate surface area is 109 Å². The van der Waals surface area contributed by atoms with E-state index in [0.29, 0.717) is 6.54 Å². The number of anilines is 2. The van der Waals surface area contributed by atoms with Crippen molar-refractivity contribution in [2.24, 2.45) is 5.92 Å². The summed E-state index contributed by atoms with van der Waals surface area (Å²) < 4.78 is 0. The number of para-hydroxylation sites is 2. The fourth-order valence-corrected chi connectivity index (χ4v) is 2.39. The van der Waals surface area contributed by atoms with E-state index in [0.717, 1.165) is 24.5 Å². The van der Waals surface area contributed by atoms with Gasteiger partial charge in [0.1, 0.15) is 0 Å². The molecule has 18 heavy (non-hydrogen) atoms. The Morgan fingerprint density at radius 1 is 1.33 bits per heavy atom. The van der Waals surface area contributed by atoms with Crippen molar-refractivity contribution in [2.45, 2.75) is 6.92 Å². The number of likely N-dealkylation sites (N-methyl/N-ethyl adjacent to an activating group) is 1. The predicted molar refractivity (Wildman–Crippen MR) is 75.2 cm³/mol. The first kappa shape index (κ1) is 12.9. The van der Waals surface area contributed by atoms with Gasteiger partial charge < -0.3 is 15.1 Å². The molecular formula is C14H21N3O. The van der Waals surface area contributed by atoms with Gasteiger partial charge in [-0.3, -0.25) is 4.79 Å². The lowest BCUT2D eigenvalue weighted by Crippen LogP contribution is -2.46. The van der Waals surface area contributed by atoms with E-state index in [4.69, 9.17) is 0 Å². The second kappa shape index (κ2) is 5.40. The molecule has 0 radical (unpaired) electrons. The van der Waals surface area contributed by atoms with Crippen LogP contribution in [0.25, 0.3) is 0 Å². The molecule has 0 fully saturated rings. The predicted octanol–water partition coefficient (Wildman–Crippen LogP) is 1.32. The van der Waals surface area contributed by atoms with E-state index in [1.807, 2.05) is 37.1 Å². The summed E-state index contributed by atoms with van der Waals surface area (Å²) in [6.45, 7) is 4.34. The minimum atomic E-state index is 0.00598. The normalized spacial score (nSPS) is 16.4. The number of carbonyl (C=O) groups excluding carboxylic acids is 1. The summed E-state index contributed by atoms with van der Waals surface area (Å²) in [4.78, 5) is 16.5. The van der Waals surface area contributed by atoms with Gasteiger partial charge in [-0.1, -0.05) is 19.1 Å². The molecule has 1 aliphatic rings. The van der Waals surface area contributed by atoms with Gasteiger partial charge in [-0.05, 0) is 19.2 Å². The van der Waals surface area contributed by atoms with Gasteiger partial charge in [-0.2, -0.15) is 0 Å². The largest absolute Gasteiger partial charge is 0.371 e. The zero-order valence-corrected chi connectivity index (χ0v) is 11.3. The van der Waals surface area contributed by atoms with Crippen LogP contribution in [0.5, 0.6) is 0 Å². The highest BCUT2D eigenvalue weighted by Gasteiger charge is 2.27. The van der Waals surface area contributed by atoms with Crippen molar-refractivity contribution >= 4 is 17.3 Å². The molecule has 4 nitrogen and oxygen atoms in total. The number of nitrogens with one attached hydrogen (secondary N) is 1. The Balaban J connectivity index is 2.26. The van der Waals surface area contributed by atoms with Crippen LogP contribution in [0.2, 0.25) is 0 Å². The van der Waals surface area contributed by atoms with E-state index >= 15 is 0 Å². The van der Waals surface area contributed by atoms with Crippen molar-refractivity contribution in [2.75, 3.05) is 43.5 Å². The summed E-state index contributed by atoms with van der Waals surface area (Å²) in [5.41, 5.74) is 2.16. The molecule has 98 valence electrons. The van der Waals surface area contributed by atoms with Crippen molar-refractivity contribution in [1.82, 2.24) is 5.32 Å². The Bertz CT molecular complexity index is 433. The molecule has 0 bridgehead atoms. The second-order valence-corrected chi connectivity index (χ2v) is 4.86. The first-order chi connectivity index (χ1) is 8.65. The number of rotatable bonds is 3. The average molecular weight is 247 g/mol. The van der Waals surface area contributed by atoms with Gasteiger partial charge in [0, 0.05) is 32.6 Å². The molecule has 1 amide bonds. The molecule has 1 atom stereocenters. The van der Waals surface area contributed by atoms with Crippen LogP contribution in [0.15, 0.2) is 24.3 Å². The number of carbonyl (C=O) groups is 1. The van der Waals surface area contributed by atoms with Crippen LogP contribution >= 0.6 is 0 Å². The van der Waals surface area contributed by atoms with Gasteiger partial charge >= 0.3 is 0 Å². The number of nitrogens with zero attached hydrogens (tertiary/aromatic N) is 2. The van der Waals surface area contributed by atoms with Gasteiger partial charge in [0.15, 0.2) is 0 Å². The lowest BCUT2D eigenvalue weighted by molar-refractivity contribution is -0.121. The number of benzene rings is 1. The molecule has 1 aromatic carbocycles. The topological polar surface area (TPSA) is 35.6 Å². The van der Waals surface area contributed by atoms with Crippen LogP contribution in [-0.4, -0.2) is 39.6 Å². The van der Waals surface area contributed by atoms with E-state index < -0.39 is 0 Å². The van der Waals surface area contributed by atoms with Crippen molar-refractivity contribution in [3.05, 3.63) is 24.3 Å². The Morgan fingerprint density at radius 3 is 2.67 bits per heavy atom. The van der Waals surface area contributed by atoms with Crippen LogP contribution in [0.4, 0.5) is 11.4 Å². The number of hydrogen-bond donors (Lipinski definition) is 1. The number of amides is 1. The van der Waals surface area contributed by atoms with Crippen molar-refractivity contribution in [1.29, 1.82) is 0 Å². The van der Waals surface area contributed by atoms with Gasteiger partial charge in [0.2, 0.25) is 5.91 Å². The summed E-state index contributed by atoms with van der Waals surface area (Å²) in [6, 6.07) is 8.09. The lowest BCUT2D eigenvalue weighted by atomic mass is 10.1. The number of fused-ring (bicyclic) bond motifs is 1. The van der Waals surface area contributed by atoms with Crippen molar-refractivity contribution in [3.63, 3.8) is 0 Å². The second-order valence-electron chi connectivity index (χ2n) is 4.86. The van der Waals surface area contributed by atoms with E-state index in [1.165, 1.54) is 0 Å². The molecule has 4 heteroatoms. The molecule has 1 aliphatic heterocycles. The minimum absolute atomic E-state index is 0.00598. The van der Waals surface area contributed by atoms with Crippen LogP contribution < -0.4 is 15.1 Å². The molecule has 1 unspecified atom stereocenters. The Kier molecular flexibility index (Phi) is 3.87. The zero-order chi connectivity index (χ0) is 13.1. The lowest BCUT2D eigenvalue weighted by Gasteiger charge is -2.36. The third-order valence-electron chi connectivity index (χ3n) is 3.44. The zero-order valence-electron chi connectivity index (χ0n) is 11.3. The molecule has 1 heterocycles. The smallest absolute Gasteiger partial charge is 0.231 e. The molecule has 0 saturated carbocycles. The van der Waals surface area contributed by atoms with Gasteiger partial charge in [0.25, 0.3) is 0 Å². The molecule has 1 N–H and O–H groups in total. The quantitative estimate of drug-likeness (QED) is 0.875. The Morgan fingerprint density at radius 2 is 2.00 bits per heavy atom. The molecular weight excluding hydrogens is 226 g/mol. The van der Waals surface area contributed by atoms with Crippen molar-refractivity contribution < 1.29 is 4.79 Å². The summed E-state index contributed by atoms with van der Waals surface area (Å²) in [5, 5.41) is 3.06. The van der Waals surface area contributed by atoms with Crippen LogP contribution in [0.3, 0.4) is 0 Å². The standard InChI is InChI=1S/C14H21N3O/c1-11(10-15-2)14(18)17-9-8-16(3)12-6-4-5-7-13(12)17/h4-7,11,15H,8-10H2,1-3H3. The maximum absolute atomic E-state index is 12.4. The highest BCUT2D eigenvalue weighted by atomic mass is 16.2. The maximum atomic E-state index is 12.4. The fraction of sp³-hybridized carbons (Fsp3) is 0.500. The monoisotopic (exact) mass is 247 g/mol. The molecule has 0 aliphatic carbocycles.